The van der Waals surface area contributed by atoms with E-state index in [4.69, 9.17) is 10.7 Å². The summed E-state index contributed by atoms with van der Waals surface area (Å²) in [5, 5.41) is 3.05. The van der Waals surface area contributed by atoms with Crippen LogP contribution in [0.1, 0.15) is 62.1 Å². The summed E-state index contributed by atoms with van der Waals surface area (Å²) in [6, 6.07) is 17.9. The monoisotopic (exact) mass is 414 g/mol. The number of aromatic nitrogens is 2. The van der Waals surface area contributed by atoms with Gasteiger partial charge in [0.15, 0.2) is 5.82 Å². The molecule has 1 fully saturated rings. The van der Waals surface area contributed by atoms with E-state index >= 15 is 0 Å². The minimum absolute atomic E-state index is 0.00234. The van der Waals surface area contributed by atoms with Crippen molar-refractivity contribution < 1.29 is 4.79 Å². The highest BCUT2D eigenvalue weighted by molar-refractivity contribution is 5.90. The maximum Gasteiger partial charge on any atom is 0.225 e. The van der Waals surface area contributed by atoms with Gasteiger partial charge in [-0.15, -0.1) is 0 Å². The number of aryl methyl sites for hydroxylation is 1. The van der Waals surface area contributed by atoms with Crippen molar-refractivity contribution in [2.24, 2.45) is 0 Å². The van der Waals surface area contributed by atoms with Crippen molar-refractivity contribution >= 4 is 17.4 Å². The summed E-state index contributed by atoms with van der Waals surface area (Å²) < 4.78 is 0. The summed E-state index contributed by atoms with van der Waals surface area (Å²) in [5.41, 5.74) is 10.5. The first kappa shape index (κ1) is 21.0. The van der Waals surface area contributed by atoms with E-state index in [0.29, 0.717) is 18.2 Å². The molecule has 0 spiro atoms. The van der Waals surface area contributed by atoms with E-state index in [0.717, 1.165) is 48.3 Å². The van der Waals surface area contributed by atoms with Gasteiger partial charge < -0.3 is 11.1 Å². The number of rotatable bonds is 7. The van der Waals surface area contributed by atoms with Gasteiger partial charge in [0.2, 0.25) is 5.91 Å². The molecule has 1 amide bonds. The Kier molecular flexibility index (Phi) is 6.92. The van der Waals surface area contributed by atoms with Gasteiger partial charge in [0.05, 0.1) is 17.6 Å². The molecule has 2 aromatic carbocycles. The molecule has 1 aliphatic rings. The maximum absolute atomic E-state index is 12.6. The number of hydrogen-bond donors (Lipinski definition) is 2. The molecule has 1 aromatic heterocycles. The third-order valence-corrected chi connectivity index (χ3v) is 5.97. The lowest BCUT2D eigenvalue weighted by molar-refractivity contribution is -0.116. The molecule has 0 unspecified atom stereocenters. The van der Waals surface area contributed by atoms with Crippen molar-refractivity contribution in [2.75, 3.05) is 11.1 Å². The Morgan fingerprint density at radius 1 is 1.00 bits per heavy atom. The predicted molar refractivity (Wildman–Crippen MR) is 126 cm³/mol. The van der Waals surface area contributed by atoms with Gasteiger partial charge in [0, 0.05) is 23.6 Å². The molecule has 1 aliphatic carbocycles. The quantitative estimate of drug-likeness (QED) is 0.483. The molecule has 0 atom stereocenters. The van der Waals surface area contributed by atoms with Gasteiger partial charge in [0.1, 0.15) is 0 Å². The Morgan fingerprint density at radius 3 is 2.48 bits per heavy atom. The molecule has 1 saturated carbocycles. The van der Waals surface area contributed by atoms with Crippen LogP contribution in [-0.4, -0.2) is 15.9 Å². The first-order valence-electron chi connectivity index (χ1n) is 11.3. The Balaban J connectivity index is 1.48. The van der Waals surface area contributed by atoms with Crippen molar-refractivity contribution in [3.63, 3.8) is 0 Å². The lowest BCUT2D eigenvalue weighted by Gasteiger charge is -2.23. The number of amides is 1. The minimum Gasteiger partial charge on any atom is -0.399 e. The second-order valence-electron chi connectivity index (χ2n) is 8.33. The van der Waals surface area contributed by atoms with Crippen molar-refractivity contribution in [3.8, 4) is 11.3 Å². The lowest BCUT2D eigenvalue weighted by Crippen LogP contribution is -2.18. The summed E-state index contributed by atoms with van der Waals surface area (Å²) in [6.07, 6.45) is 9.77. The number of carbonyl (C=O) groups is 1. The van der Waals surface area contributed by atoms with E-state index < -0.39 is 0 Å². The number of carbonyl (C=O) groups excluding carboxylic acids is 1. The Labute approximate surface area is 184 Å². The molecule has 3 aromatic rings. The smallest absolute Gasteiger partial charge is 0.225 e. The summed E-state index contributed by atoms with van der Waals surface area (Å²) in [5.74, 6) is 0.966. The SMILES string of the molecule is Nc1ccc(-c2cnc(NC(=O)CCCc3ccccc3)c(C3CCCCC3)n2)cc1. The molecular weight excluding hydrogens is 384 g/mol. The fourth-order valence-corrected chi connectivity index (χ4v) is 4.25. The number of hydrogen-bond acceptors (Lipinski definition) is 4. The summed E-state index contributed by atoms with van der Waals surface area (Å²) in [4.78, 5) is 22.2. The zero-order valence-corrected chi connectivity index (χ0v) is 17.9. The number of nitrogens with zero attached hydrogens (tertiary/aromatic N) is 2. The number of anilines is 2. The van der Waals surface area contributed by atoms with Crippen LogP contribution >= 0.6 is 0 Å². The van der Waals surface area contributed by atoms with Gasteiger partial charge in [-0.05, 0) is 43.4 Å². The largest absolute Gasteiger partial charge is 0.399 e. The van der Waals surface area contributed by atoms with Crippen LogP contribution in [0, 0.1) is 0 Å². The van der Waals surface area contributed by atoms with E-state index in [1.807, 2.05) is 42.5 Å². The average Bonchev–Trinajstić information content (AvgIpc) is 2.81. The number of nitrogens with two attached hydrogens (primary N) is 1. The topological polar surface area (TPSA) is 80.9 Å². The van der Waals surface area contributed by atoms with Crippen molar-refractivity contribution in [2.45, 2.75) is 57.3 Å². The van der Waals surface area contributed by atoms with Gasteiger partial charge in [-0.25, -0.2) is 9.97 Å². The summed E-state index contributed by atoms with van der Waals surface area (Å²) in [7, 11) is 0. The maximum atomic E-state index is 12.6. The molecule has 0 saturated heterocycles. The zero-order chi connectivity index (χ0) is 21.5. The molecule has 5 heteroatoms. The molecule has 1 heterocycles. The van der Waals surface area contributed by atoms with Crippen LogP contribution in [0.25, 0.3) is 11.3 Å². The van der Waals surface area contributed by atoms with Crippen molar-refractivity contribution in [1.29, 1.82) is 0 Å². The molecule has 5 nitrogen and oxygen atoms in total. The fraction of sp³-hybridized carbons (Fsp3) is 0.346. The van der Waals surface area contributed by atoms with E-state index in [-0.39, 0.29) is 5.91 Å². The second kappa shape index (κ2) is 10.2. The standard InChI is InChI=1S/C26H30N4O/c27-22-16-14-20(15-17-22)23-18-28-26(25(29-23)21-11-5-2-6-12-21)30-24(31)13-7-10-19-8-3-1-4-9-19/h1,3-4,8-9,14-18,21H,2,5-7,10-13,27H2,(H,28,30,31). The van der Waals surface area contributed by atoms with Gasteiger partial charge >= 0.3 is 0 Å². The Hall–Kier alpha value is -3.21. The normalized spacial score (nSPS) is 14.3. The molecule has 4 rings (SSSR count). The van der Waals surface area contributed by atoms with Crippen LogP contribution in [0.15, 0.2) is 60.8 Å². The van der Waals surface area contributed by atoms with E-state index in [1.165, 1.54) is 24.8 Å². The van der Waals surface area contributed by atoms with Gasteiger partial charge in [-0.1, -0.05) is 61.7 Å². The lowest BCUT2D eigenvalue weighted by atomic mass is 9.86. The van der Waals surface area contributed by atoms with Crippen molar-refractivity contribution in [3.05, 3.63) is 72.1 Å². The molecule has 3 N–H and O–H groups in total. The second-order valence-corrected chi connectivity index (χ2v) is 8.33. The summed E-state index contributed by atoms with van der Waals surface area (Å²) in [6.45, 7) is 0. The van der Waals surface area contributed by atoms with Crippen LogP contribution in [-0.2, 0) is 11.2 Å². The van der Waals surface area contributed by atoms with Crippen LogP contribution in [0.3, 0.4) is 0 Å². The molecule has 0 bridgehead atoms. The molecular formula is C26H30N4O. The van der Waals surface area contributed by atoms with E-state index in [9.17, 15) is 4.79 Å². The first-order chi connectivity index (χ1) is 15.2. The van der Waals surface area contributed by atoms with E-state index in [2.05, 4.69) is 22.4 Å². The molecule has 0 aliphatic heterocycles. The number of nitrogens with one attached hydrogen (secondary N) is 1. The highest BCUT2D eigenvalue weighted by atomic mass is 16.1. The van der Waals surface area contributed by atoms with Crippen LogP contribution in [0.5, 0.6) is 0 Å². The van der Waals surface area contributed by atoms with Crippen LogP contribution < -0.4 is 11.1 Å². The predicted octanol–water partition coefficient (Wildman–Crippen LogP) is 5.73. The molecule has 160 valence electrons. The zero-order valence-electron chi connectivity index (χ0n) is 17.9. The Bertz CT molecular complexity index is 996. The highest BCUT2D eigenvalue weighted by Gasteiger charge is 2.22. The number of nitrogen functional groups attached to an aromatic ring is 1. The molecule has 0 radical (unpaired) electrons. The van der Waals surface area contributed by atoms with Crippen LogP contribution in [0.4, 0.5) is 11.5 Å². The van der Waals surface area contributed by atoms with Gasteiger partial charge in [-0.2, -0.15) is 0 Å². The van der Waals surface area contributed by atoms with Crippen molar-refractivity contribution in [1.82, 2.24) is 9.97 Å². The third kappa shape index (κ3) is 5.69. The summed E-state index contributed by atoms with van der Waals surface area (Å²) >= 11 is 0. The number of benzene rings is 2. The fourth-order valence-electron chi connectivity index (χ4n) is 4.25. The van der Waals surface area contributed by atoms with Gasteiger partial charge in [-0.3, -0.25) is 4.79 Å². The average molecular weight is 415 g/mol. The molecule has 31 heavy (non-hydrogen) atoms. The van der Waals surface area contributed by atoms with Gasteiger partial charge in [0.25, 0.3) is 0 Å². The highest BCUT2D eigenvalue weighted by Crippen LogP contribution is 2.35. The Morgan fingerprint density at radius 2 is 1.74 bits per heavy atom. The van der Waals surface area contributed by atoms with E-state index in [1.54, 1.807) is 6.20 Å². The van der Waals surface area contributed by atoms with Crippen LogP contribution in [0.2, 0.25) is 0 Å². The minimum atomic E-state index is 0.00234. The first-order valence-corrected chi connectivity index (χ1v) is 11.3. The third-order valence-electron chi connectivity index (χ3n) is 5.97.